The lowest BCUT2D eigenvalue weighted by Gasteiger charge is -2.31. The summed E-state index contributed by atoms with van der Waals surface area (Å²) in [5.74, 6) is -0.754. The molecule has 0 radical (unpaired) electrons. The zero-order valence-corrected chi connectivity index (χ0v) is 9.35. The molecule has 1 saturated heterocycles. The van der Waals surface area contributed by atoms with Crippen molar-refractivity contribution in [2.45, 2.75) is 25.9 Å². The van der Waals surface area contributed by atoms with E-state index in [1.165, 1.54) is 0 Å². The first-order valence-corrected chi connectivity index (χ1v) is 5.42. The minimum atomic E-state index is -0.581. The lowest BCUT2D eigenvalue weighted by molar-refractivity contribution is -0.139. The van der Waals surface area contributed by atoms with Gasteiger partial charge >= 0.3 is 0 Å². The fourth-order valence-corrected chi connectivity index (χ4v) is 1.68. The standard InChI is InChI=1S/C11H15N3O2/c1-2-3-9(6-12)11(15)14-4-5-16-10(7-13)8-14/h9-10H,2-5,8H2,1H3. The molecule has 5 nitrogen and oxygen atoms in total. The third-order valence-electron chi connectivity index (χ3n) is 2.55. The molecule has 1 aliphatic heterocycles. The molecular weight excluding hydrogens is 206 g/mol. The van der Waals surface area contributed by atoms with E-state index >= 15 is 0 Å². The first-order chi connectivity index (χ1) is 7.72. The summed E-state index contributed by atoms with van der Waals surface area (Å²) in [6, 6.07) is 4.00. The number of nitrogens with zero attached hydrogens (tertiary/aromatic N) is 3. The predicted octanol–water partition coefficient (Wildman–Crippen LogP) is 0.677. The van der Waals surface area contributed by atoms with Gasteiger partial charge in [0, 0.05) is 6.54 Å². The van der Waals surface area contributed by atoms with Crippen molar-refractivity contribution in [2.75, 3.05) is 19.7 Å². The number of carbonyl (C=O) groups excluding carboxylic acids is 1. The highest BCUT2D eigenvalue weighted by atomic mass is 16.5. The Morgan fingerprint density at radius 2 is 2.38 bits per heavy atom. The number of rotatable bonds is 3. The van der Waals surface area contributed by atoms with E-state index in [-0.39, 0.29) is 12.5 Å². The second-order valence-corrected chi connectivity index (χ2v) is 3.74. The van der Waals surface area contributed by atoms with Crippen molar-refractivity contribution in [3.05, 3.63) is 0 Å². The Balaban J connectivity index is 2.59. The van der Waals surface area contributed by atoms with Crippen LogP contribution in [0, 0.1) is 28.6 Å². The zero-order valence-electron chi connectivity index (χ0n) is 9.35. The smallest absolute Gasteiger partial charge is 0.240 e. The van der Waals surface area contributed by atoms with E-state index in [9.17, 15) is 4.79 Å². The molecule has 1 aliphatic rings. The number of amides is 1. The van der Waals surface area contributed by atoms with Crippen molar-refractivity contribution in [1.82, 2.24) is 4.90 Å². The molecule has 0 bridgehead atoms. The van der Waals surface area contributed by atoms with Gasteiger partial charge in [-0.15, -0.1) is 0 Å². The molecule has 2 unspecified atom stereocenters. The number of hydrogen-bond acceptors (Lipinski definition) is 4. The first kappa shape index (κ1) is 12.5. The highest BCUT2D eigenvalue weighted by molar-refractivity contribution is 5.81. The number of carbonyl (C=O) groups is 1. The van der Waals surface area contributed by atoms with Gasteiger partial charge in [0.15, 0.2) is 6.10 Å². The Kier molecular flexibility index (Phi) is 4.75. The predicted molar refractivity (Wildman–Crippen MR) is 55.9 cm³/mol. The van der Waals surface area contributed by atoms with Gasteiger partial charge in [-0.05, 0) is 6.42 Å². The van der Waals surface area contributed by atoms with Gasteiger partial charge in [0.1, 0.15) is 5.92 Å². The highest BCUT2D eigenvalue weighted by Gasteiger charge is 2.28. The minimum absolute atomic E-state index is 0.173. The minimum Gasteiger partial charge on any atom is -0.360 e. The Bertz CT molecular complexity index is 329. The lowest BCUT2D eigenvalue weighted by Crippen LogP contribution is -2.47. The van der Waals surface area contributed by atoms with Gasteiger partial charge in [0.2, 0.25) is 5.91 Å². The molecule has 0 aromatic carbocycles. The van der Waals surface area contributed by atoms with Crippen LogP contribution in [-0.4, -0.2) is 36.6 Å². The van der Waals surface area contributed by atoms with Gasteiger partial charge in [-0.25, -0.2) is 0 Å². The molecule has 0 aliphatic carbocycles. The van der Waals surface area contributed by atoms with Crippen LogP contribution in [0.15, 0.2) is 0 Å². The summed E-state index contributed by atoms with van der Waals surface area (Å²) in [7, 11) is 0. The molecule has 86 valence electrons. The summed E-state index contributed by atoms with van der Waals surface area (Å²) in [6.07, 6.45) is 0.818. The van der Waals surface area contributed by atoms with Crippen LogP contribution in [0.3, 0.4) is 0 Å². The molecule has 0 N–H and O–H groups in total. The van der Waals surface area contributed by atoms with Crippen molar-refractivity contribution in [3.63, 3.8) is 0 Å². The van der Waals surface area contributed by atoms with Gasteiger partial charge in [0.05, 0.1) is 25.3 Å². The van der Waals surface area contributed by atoms with E-state index < -0.39 is 12.0 Å². The molecule has 1 amide bonds. The van der Waals surface area contributed by atoms with E-state index in [0.717, 1.165) is 6.42 Å². The SMILES string of the molecule is CCCC(C#N)C(=O)N1CCOC(C#N)C1. The Hall–Kier alpha value is -1.59. The summed E-state index contributed by atoms with van der Waals surface area (Å²) in [6.45, 7) is 3.05. The van der Waals surface area contributed by atoms with Crippen LogP contribution in [0.2, 0.25) is 0 Å². The summed E-state index contributed by atoms with van der Waals surface area (Å²) in [5.41, 5.74) is 0. The van der Waals surface area contributed by atoms with Crippen molar-refractivity contribution >= 4 is 5.91 Å². The van der Waals surface area contributed by atoms with Crippen LogP contribution < -0.4 is 0 Å². The van der Waals surface area contributed by atoms with E-state index in [4.69, 9.17) is 15.3 Å². The van der Waals surface area contributed by atoms with Crippen LogP contribution >= 0.6 is 0 Å². The van der Waals surface area contributed by atoms with Crippen LogP contribution in [0.4, 0.5) is 0 Å². The molecule has 16 heavy (non-hydrogen) atoms. The Morgan fingerprint density at radius 1 is 1.62 bits per heavy atom. The number of ether oxygens (including phenoxy) is 1. The van der Waals surface area contributed by atoms with E-state index in [0.29, 0.717) is 19.6 Å². The summed E-state index contributed by atoms with van der Waals surface area (Å²) in [4.78, 5) is 13.5. The molecule has 0 spiro atoms. The number of hydrogen-bond donors (Lipinski definition) is 0. The normalized spacial score (nSPS) is 21.9. The largest absolute Gasteiger partial charge is 0.360 e. The zero-order chi connectivity index (χ0) is 12.0. The van der Waals surface area contributed by atoms with Crippen LogP contribution in [0.25, 0.3) is 0 Å². The molecule has 1 rings (SSSR count). The summed E-state index contributed by atoms with van der Waals surface area (Å²) < 4.78 is 5.14. The van der Waals surface area contributed by atoms with Gasteiger partial charge in [-0.1, -0.05) is 13.3 Å². The topological polar surface area (TPSA) is 77.1 Å². The fraction of sp³-hybridized carbons (Fsp3) is 0.727. The molecule has 5 heteroatoms. The van der Waals surface area contributed by atoms with Gasteiger partial charge in [-0.3, -0.25) is 4.79 Å². The van der Waals surface area contributed by atoms with Crippen molar-refractivity contribution in [2.24, 2.45) is 5.92 Å². The first-order valence-electron chi connectivity index (χ1n) is 5.42. The van der Waals surface area contributed by atoms with Crippen LogP contribution in [0.1, 0.15) is 19.8 Å². The maximum atomic E-state index is 11.9. The Morgan fingerprint density at radius 3 is 2.94 bits per heavy atom. The summed E-state index contributed by atoms with van der Waals surface area (Å²) in [5, 5.41) is 17.6. The van der Waals surface area contributed by atoms with Crippen molar-refractivity contribution < 1.29 is 9.53 Å². The molecule has 2 atom stereocenters. The molecule has 1 fully saturated rings. The average Bonchev–Trinajstić information content (AvgIpc) is 2.35. The van der Waals surface area contributed by atoms with E-state index in [1.807, 2.05) is 19.1 Å². The van der Waals surface area contributed by atoms with Crippen LogP contribution in [-0.2, 0) is 9.53 Å². The monoisotopic (exact) mass is 221 g/mol. The highest BCUT2D eigenvalue weighted by Crippen LogP contribution is 2.13. The van der Waals surface area contributed by atoms with Crippen LogP contribution in [0.5, 0.6) is 0 Å². The number of nitriles is 2. The summed E-state index contributed by atoms with van der Waals surface area (Å²) >= 11 is 0. The van der Waals surface area contributed by atoms with Crippen molar-refractivity contribution in [3.8, 4) is 12.1 Å². The lowest BCUT2D eigenvalue weighted by atomic mass is 10.0. The molecule has 0 aromatic heterocycles. The third kappa shape index (κ3) is 2.95. The molecule has 1 heterocycles. The second kappa shape index (κ2) is 6.09. The van der Waals surface area contributed by atoms with Crippen molar-refractivity contribution in [1.29, 1.82) is 10.5 Å². The maximum Gasteiger partial charge on any atom is 0.240 e. The van der Waals surface area contributed by atoms with E-state index in [2.05, 4.69) is 0 Å². The quantitative estimate of drug-likeness (QED) is 0.702. The van der Waals surface area contributed by atoms with Gasteiger partial charge < -0.3 is 9.64 Å². The van der Waals surface area contributed by atoms with Gasteiger partial charge in [-0.2, -0.15) is 10.5 Å². The molecule has 0 saturated carbocycles. The molecule has 0 aromatic rings. The third-order valence-corrected chi connectivity index (χ3v) is 2.55. The Labute approximate surface area is 95.2 Å². The maximum absolute atomic E-state index is 11.9. The van der Waals surface area contributed by atoms with Gasteiger partial charge in [0.25, 0.3) is 0 Å². The fourth-order valence-electron chi connectivity index (χ4n) is 1.68. The number of morpholine rings is 1. The average molecular weight is 221 g/mol. The molecular formula is C11H15N3O2. The second-order valence-electron chi connectivity index (χ2n) is 3.74. The van der Waals surface area contributed by atoms with E-state index in [1.54, 1.807) is 4.90 Å².